The molecule has 66 valence electrons. The first-order chi connectivity index (χ1) is 5.29. The molecule has 11 heavy (non-hydrogen) atoms. The molecule has 0 saturated heterocycles. The van der Waals surface area contributed by atoms with Crippen LogP contribution in [0.2, 0.25) is 0 Å². The number of methoxy groups -OCH3 is 1. The van der Waals surface area contributed by atoms with Gasteiger partial charge in [0.05, 0.1) is 12.6 Å². The Bertz CT molecular complexity index is 106. The molecule has 0 heterocycles. The summed E-state index contributed by atoms with van der Waals surface area (Å²) in [4.78, 5) is 12.2. The average Bonchev–Trinajstić information content (AvgIpc) is 2.05. The fourth-order valence-corrected chi connectivity index (χ4v) is 1.06. The van der Waals surface area contributed by atoms with Crippen LogP contribution in [0.15, 0.2) is 0 Å². The monoisotopic (exact) mass is 159 g/mol. The SMILES string of the molecule is CCC(COC)N(C=O)CC. The Labute approximate surface area is 68.3 Å². The van der Waals surface area contributed by atoms with Crippen LogP contribution in [0.3, 0.4) is 0 Å². The standard InChI is InChI=1S/C8H17NO2/c1-4-8(6-11-3)9(5-2)7-10/h7-8H,4-6H2,1-3H3. The summed E-state index contributed by atoms with van der Waals surface area (Å²) in [7, 11) is 1.65. The highest BCUT2D eigenvalue weighted by molar-refractivity contribution is 5.47. The molecule has 0 aromatic carbocycles. The van der Waals surface area contributed by atoms with Gasteiger partial charge in [0.2, 0.25) is 6.41 Å². The molecule has 0 N–H and O–H groups in total. The van der Waals surface area contributed by atoms with E-state index >= 15 is 0 Å². The van der Waals surface area contributed by atoms with E-state index < -0.39 is 0 Å². The van der Waals surface area contributed by atoms with Crippen molar-refractivity contribution in [3.05, 3.63) is 0 Å². The Morgan fingerprint density at radius 3 is 2.45 bits per heavy atom. The first-order valence-electron chi connectivity index (χ1n) is 4.00. The lowest BCUT2D eigenvalue weighted by Crippen LogP contribution is -2.36. The summed E-state index contributed by atoms with van der Waals surface area (Å²) in [6, 6.07) is 0.238. The average molecular weight is 159 g/mol. The number of carbonyl (C=O) groups excluding carboxylic acids is 1. The lowest BCUT2D eigenvalue weighted by molar-refractivity contribution is -0.121. The molecule has 0 bridgehead atoms. The first-order valence-corrected chi connectivity index (χ1v) is 4.00. The molecule has 1 atom stereocenters. The number of hydrogen-bond acceptors (Lipinski definition) is 2. The van der Waals surface area contributed by atoms with Gasteiger partial charge in [-0.1, -0.05) is 6.92 Å². The second kappa shape index (κ2) is 6.16. The van der Waals surface area contributed by atoms with Crippen molar-refractivity contribution >= 4 is 6.41 Å². The van der Waals surface area contributed by atoms with Crippen LogP contribution in [0.4, 0.5) is 0 Å². The molecular formula is C8H17NO2. The van der Waals surface area contributed by atoms with E-state index in [9.17, 15) is 4.79 Å². The highest BCUT2D eigenvalue weighted by Crippen LogP contribution is 2.01. The normalized spacial score (nSPS) is 12.6. The third-order valence-electron chi connectivity index (χ3n) is 1.80. The maximum Gasteiger partial charge on any atom is 0.210 e. The molecule has 0 aliphatic rings. The molecular weight excluding hydrogens is 142 g/mol. The second-order valence-corrected chi connectivity index (χ2v) is 2.45. The molecule has 0 aromatic heterocycles. The summed E-state index contributed by atoms with van der Waals surface area (Å²) in [5.41, 5.74) is 0. The first kappa shape index (κ1) is 10.4. The maximum atomic E-state index is 10.5. The number of carbonyl (C=O) groups is 1. The van der Waals surface area contributed by atoms with Crippen molar-refractivity contribution in [3.63, 3.8) is 0 Å². The number of nitrogens with zero attached hydrogens (tertiary/aromatic N) is 1. The molecule has 0 fully saturated rings. The van der Waals surface area contributed by atoms with Gasteiger partial charge in [-0.15, -0.1) is 0 Å². The molecule has 0 aromatic rings. The number of amides is 1. The molecule has 0 spiro atoms. The Morgan fingerprint density at radius 2 is 2.18 bits per heavy atom. The van der Waals surface area contributed by atoms with E-state index in [1.807, 2.05) is 6.92 Å². The topological polar surface area (TPSA) is 29.5 Å². The Hall–Kier alpha value is -0.570. The number of hydrogen-bond donors (Lipinski definition) is 0. The summed E-state index contributed by atoms with van der Waals surface area (Å²) < 4.78 is 4.98. The van der Waals surface area contributed by atoms with Crippen molar-refractivity contribution in [2.75, 3.05) is 20.3 Å². The Kier molecular flexibility index (Phi) is 5.84. The summed E-state index contributed by atoms with van der Waals surface area (Å²) in [6.45, 7) is 5.40. The van der Waals surface area contributed by atoms with Gasteiger partial charge in [0.25, 0.3) is 0 Å². The molecule has 1 unspecified atom stereocenters. The molecule has 3 heteroatoms. The van der Waals surface area contributed by atoms with E-state index in [4.69, 9.17) is 4.74 Å². The number of rotatable bonds is 6. The van der Waals surface area contributed by atoms with Crippen LogP contribution >= 0.6 is 0 Å². The third kappa shape index (κ3) is 3.37. The smallest absolute Gasteiger partial charge is 0.210 e. The van der Waals surface area contributed by atoms with Gasteiger partial charge in [0.1, 0.15) is 0 Å². The maximum absolute atomic E-state index is 10.5. The van der Waals surface area contributed by atoms with Gasteiger partial charge >= 0.3 is 0 Å². The second-order valence-electron chi connectivity index (χ2n) is 2.45. The van der Waals surface area contributed by atoms with Gasteiger partial charge in [0, 0.05) is 13.7 Å². The summed E-state index contributed by atoms with van der Waals surface area (Å²) in [6.07, 6.45) is 1.83. The molecule has 0 aliphatic carbocycles. The van der Waals surface area contributed by atoms with Crippen molar-refractivity contribution in [2.45, 2.75) is 26.3 Å². The largest absolute Gasteiger partial charge is 0.383 e. The van der Waals surface area contributed by atoms with Gasteiger partial charge in [-0.25, -0.2) is 0 Å². The number of likely N-dealkylation sites (N-methyl/N-ethyl adjacent to an activating group) is 1. The van der Waals surface area contributed by atoms with Crippen LogP contribution in [-0.4, -0.2) is 37.6 Å². The van der Waals surface area contributed by atoms with Gasteiger partial charge in [0.15, 0.2) is 0 Å². The van der Waals surface area contributed by atoms with Crippen LogP contribution in [0.1, 0.15) is 20.3 Å². The predicted molar refractivity (Wildman–Crippen MR) is 44.4 cm³/mol. The van der Waals surface area contributed by atoms with Crippen LogP contribution < -0.4 is 0 Å². The van der Waals surface area contributed by atoms with E-state index in [0.29, 0.717) is 6.61 Å². The van der Waals surface area contributed by atoms with Crippen molar-refractivity contribution in [2.24, 2.45) is 0 Å². The van der Waals surface area contributed by atoms with E-state index in [1.165, 1.54) is 0 Å². The minimum atomic E-state index is 0.238. The molecule has 3 nitrogen and oxygen atoms in total. The fourth-order valence-electron chi connectivity index (χ4n) is 1.06. The lowest BCUT2D eigenvalue weighted by atomic mass is 10.2. The highest BCUT2D eigenvalue weighted by Gasteiger charge is 2.11. The Balaban J connectivity index is 3.86. The van der Waals surface area contributed by atoms with Crippen LogP contribution in [0.25, 0.3) is 0 Å². The van der Waals surface area contributed by atoms with Crippen molar-refractivity contribution in [1.82, 2.24) is 4.90 Å². The zero-order chi connectivity index (χ0) is 8.69. The molecule has 0 radical (unpaired) electrons. The summed E-state index contributed by atoms with van der Waals surface area (Å²) in [5, 5.41) is 0. The quantitative estimate of drug-likeness (QED) is 0.539. The van der Waals surface area contributed by atoms with Gasteiger partial charge in [-0.05, 0) is 13.3 Å². The summed E-state index contributed by atoms with van der Waals surface area (Å²) >= 11 is 0. The zero-order valence-electron chi connectivity index (χ0n) is 7.54. The Morgan fingerprint density at radius 1 is 1.55 bits per heavy atom. The predicted octanol–water partition coefficient (Wildman–Crippen LogP) is 0.890. The van der Waals surface area contributed by atoms with Gasteiger partial charge in [-0.3, -0.25) is 4.79 Å². The van der Waals surface area contributed by atoms with E-state index in [2.05, 4.69) is 6.92 Å². The molecule has 0 aliphatic heterocycles. The van der Waals surface area contributed by atoms with E-state index in [1.54, 1.807) is 12.0 Å². The molecule has 1 amide bonds. The van der Waals surface area contributed by atoms with Crippen LogP contribution in [-0.2, 0) is 9.53 Å². The van der Waals surface area contributed by atoms with Gasteiger partial charge in [-0.2, -0.15) is 0 Å². The van der Waals surface area contributed by atoms with Gasteiger partial charge < -0.3 is 9.64 Å². The van der Waals surface area contributed by atoms with Crippen molar-refractivity contribution < 1.29 is 9.53 Å². The highest BCUT2D eigenvalue weighted by atomic mass is 16.5. The van der Waals surface area contributed by atoms with E-state index in [-0.39, 0.29) is 6.04 Å². The summed E-state index contributed by atoms with van der Waals surface area (Å²) in [5.74, 6) is 0. The van der Waals surface area contributed by atoms with Crippen LogP contribution in [0, 0.1) is 0 Å². The van der Waals surface area contributed by atoms with Crippen LogP contribution in [0.5, 0.6) is 0 Å². The molecule has 0 rings (SSSR count). The molecule has 0 saturated carbocycles. The van der Waals surface area contributed by atoms with E-state index in [0.717, 1.165) is 19.4 Å². The van der Waals surface area contributed by atoms with Crippen molar-refractivity contribution in [1.29, 1.82) is 0 Å². The minimum absolute atomic E-state index is 0.238. The minimum Gasteiger partial charge on any atom is -0.383 e. The lowest BCUT2D eigenvalue weighted by Gasteiger charge is -2.25. The zero-order valence-corrected chi connectivity index (χ0v) is 7.54. The number of ether oxygens (including phenoxy) is 1. The third-order valence-corrected chi connectivity index (χ3v) is 1.80. The fraction of sp³-hybridized carbons (Fsp3) is 0.875. The van der Waals surface area contributed by atoms with Crippen molar-refractivity contribution in [3.8, 4) is 0 Å².